The molecule has 0 spiro atoms. The minimum Gasteiger partial charge on any atom is -0.351 e. The van der Waals surface area contributed by atoms with E-state index < -0.39 is 0 Å². The summed E-state index contributed by atoms with van der Waals surface area (Å²) >= 11 is 1.68. The van der Waals surface area contributed by atoms with Crippen LogP contribution in [0.2, 0.25) is 0 Å². The molecule has 4 heteroatoms. The summed E-state index contributed by atoms with van der Waals surface area (Å²) in [6.45, 7) is 4.89. The van der Waals surface area contributed by atoms with Gasteiger partial charge in [-0.1, -0.05) is 0 Å². The lowest BCUT2D eigenvalue weighted by atomic mass is 10.1. The van der Waals surface area contributed by atoms with Crippen molar-refractivity contribution in [3.63, 3.8) is 0 Å². The first-order valence-corrected chi connectivity index (χ1v) is 5.58. The Balaban J connectivity index is 2.15. The second-order valence-electron chi connectivity index (χ2n) is 3.70. The predicted molar refractivity (Wildman–Crippen MR) is 57.4 cm³/mol. The van der Waals surface area contributed by atoms with Gasteiger partial charge in [0.2, 0.25) is 5.91 Å². The van der Waals surface area contributed by atoms with Gasteiger partial charge in [-0.15, -0.1) is 11.3 Å². The van der Waals surface area contributed by atoms with Gasteiger partial charge >= 0.3 is 0 Å². The fourth-order valence-electron chi connectivity index (χ4n) is 1.60. The highest BCUT2D eigenvalue weighted by atomic mass is 32.1. The number of amides is 1. The van der Waals surface area contributed by atoms with Crippen LogP contribution in [0.15, 0.2) is 12.1 Å². The third kappa shape index (κ3) is 1.81. The molecular formula is C10H14N2OS. The maximum atomic E-state index is 11.6. The molecule has 76 valence electrons. The van der Waals surface area contributed by atoms with Crippen LogP contribution in [-0.2, 0) is 4.79 Å². The largest absolute Gasteiger partial charge is 0.351 e. The monoisotopic (exact) mass is 210 g/mol. The smallest absolute Gasteiger partial charge is 0.242 e. The number of hydrogen-bond acceptors (Lipinski definition) is 3. The summed E-state index contributed by atoms with van der Waals surface area (Å²) in [6, 6.07) is 4.16. The van der Waals surface area contributed by atoms with Crippen molar-refractivity contribution in [3.05, 3.63) is 21.9 Å². The van der Waals surface area contributed by atoms with Gasteiger partial charge in [-0.25, -0.2) is 0 Å². The molecule has 1 aromatic heterocycles. The lowest BCUT2D eigenvalue weighted by molar-refractivity contribution is -0.125. The molecule has 1 aromatic rings. The number of piperazine rings is 1. The predicted octanol–water partition coefficient (Wildman–Crippen LogP) is 1.21. The number of rotatable bonds is 1. The highest BCUT2D eigenvalue weighted by molar-refractivity contribution is 7.12. The van der Waals surface area contributed by atoms with Crippen LogP contribution in [0.1, 0.15) is 22.7 Å². The number of nitrogens with one attached hydrogen (secondary N) is 2. The molecule has 2 unspecified atom stereocenters. The summed E-state index contributed by atoms with van der Waals surface area (Å²) in [4.78, 5) is 14.0. The van der Waals surface area contributed by atoms with Gasteiger partial charge in [-0.3, -0.25) is 10.1 Å². The van der Waals surface area contributed by atoms with Gasteiger partial charge in [0, 0.05) is 22.3 Å². The lowest BCUT2D eigenvalue weighted by Crippen LogP contribution is -2.52. The molecule has 1 aliphatic heterocycles. The zero-order chi connectivity index (χ0) is 10.1. The zero-order valence-corrected chi connectivity index (χ0v) is 9.15. The molecule has 1 fully saturated rings. The van der Waals surface area contributed by atoms with Crippen LogP contribution in [0, 0.1) is 6.92 Å². The maximum absolute atomic E-state index is 11.6. The van der Waals surface area contributed by atoms with Crippen molar-refractivity contribution in [1.29, 1.82) is 0 Å². The van der Waals surface area contributed by atoms with E-state index >= 15 is 0 Å². The zero-order valence-electron chi connectivity index (χ0n) is 8.33. The van der Waals surface area contributed by atoms with Crippen molar-refractivity contribution in [3.8, 4) is 0 Å². The van der Waals surface area contributed by atoms with Crippen molar-refractivity contribution in [2.75, 3.05) is 6.54 Å². The molecule has 1 aliphatic rings. The number of carbonyl (C=O) groups excluding carboxylic acids is 1. The van der Waals surface area contributed by atoms with Crippen molar-refractivity contribution >= 4 is 17.2 Å². The van der Waals surface area contributed by atoms with E-state index in [0.29, 0.717) is 0 Å². The van der Waals surface area contributed by atoms with E-state index in [9.17, 15) is 4.79 Å². The Morgan fingerprint density at radius 3 is 2.86 bits per heavy atom. The van der Waals surface area contributed by atoms with Gasteiger partial charge in [-0.2, -0.15) is 0 Å². The Labute approximate surface area is 87.5 Å². The first-order valence-electron chi connectivity index (χ1n) is 4.77. The molecule has 2 atom stereocenters. The van der Waals surface area contributed by atoms with Gasteiger partial charge in [0.1, 0.15) is 6.04 Å². The summed E-state index contributed by atoms with van der Waals surface area (Å²) in [5.41, 5.74) is 0. The minimum atomic E-state index is -0.148. The average Bonchev–Trinajstić information content (AvgIpc) is 2.51. The highest BCUT2D eigenvalue weighted by Crippen LogP contribution is 2.24. The molecule has 14 heavy (non-hydrogen) atoms. The minimum absolute atomic E-state index is 0.0885. The SMILES string of the molecule is Cc1ccc(C2NCC(C)NC2=O)s1. The summed E-state index contributed by atoms with van der Waals surface area (Å²) in [6.07, 6.45) is 0. The maximum Gasteiger partial charge on any atom is 0.242 e. The molecule has 0 aromatic carbocycles. The van der Waals surface area contributed by atoms with E-state index in [1.807, 2.05) is 19.1 Å². The molecule has 3 nitrogen and oxygen atoms in total. The summed E-state index contributed by atoms with van der Waals surface area (Å²) in [7, 11) is 0. The van der Waals surface area contributed by atoms with Crippen LogP contribution in [0.25, 0.3) is 0 Å². The van der Waals surface area contributed by atoms with Crippen LogP contribution in [0.5, 0.6) is 0 Å². The molecule has 0 aliphatic carbocycles. The van der Waals surface area contributed by atoms with Crippen molar-refractivity contribution in [2.24, 2.45) is 0 Å². The Kier molecular flexibility index (Phi) is 2.56. The van der Waals surface area contributed by atoms with E-state index in [-0.39, 0.29) is 18.0 Å². The molecule has 2 heterocycles. The Morgan fingerprint density at radius 1 is 1.50 bits per heavy atom. The number of carbonyl (C=O) groups is 1. The van der Waals surface area contributed by atoms with Crippen LogP contribution in [0.3, 0.4) is 0 Å². The Bertz CT molecular complexity index is 348. The fraction of sp³-hybridized carbons (Fsp3) is 0.500. The topological polar surface area (TPSA) is 41.1 Å². The third-order valence-electron chi connectivity index (χ3n) is 2.32. The van der Waals surface area contributed by atoms with Crippen molar-refractivity contribution < 1.29 is 4.79 Å². The van der Waals surface area contributed by atoms with Gasteiger partial charge in [0.05, 0.1) is 0 Å². The van der Waals surface area contributed by atoms with Gasteiger partial charge < -0.3 is 5.32 Å². The summed E-state index contributed by atoms with van der Waals surface area (Å²) in [5, 5.41) is 6.19. The van der Waals surface area contributed by atoms with Crippen LogP contribution >= 0.6 is 11.3 Å². The third-order valence-corrected chi connectivity index (χ3v) is 3.39. The highest BCUT2D eigenvalue weighted by Gasteiger charge is 2.27. The average molecular weight is 210 g/mol. The molecule has 0 bridgehead atoms. The molecule has 1 saturated heterocycles. The van der Waals surface area contributed by atoms with Gasteiger partial charge in [0.25, 0.3) is 0 Å². The van der Waals surface area contributed by atoms with Crippen LogP contribution in [-0.4, -0.2) is 18.5 Å². The number of hydrogen-bond donors (Lipinski definition) is 2. The number of thiophene rings is 1. The molecule has 2 rings (SSSR count). The first kappa shape index (κ1) is 9.68. The normalized spacial score (nSPS) is 27.4. The molecule has 1 amide bonds. The second-order valence-corrected chi connectivity index (χ2v) is 5.02. The molecular weight excluding hydrogens is 196 g/mol. The standard InChI is InChI=1S/C10H14N2OS/c1-6-5-11-9(10(13)12-6)8-4-3-7(2)14-8/h3-4,6,9,11H,5H2,1-2H3,(H,12,13). The summed E-state index contributed by atoms with van der Waals surface area (Å²) < 4.78 is 0. The molecule has 0 saturated carbocycles. The van der Waals surface area contributed by atoms with E-state index in [1.54, 1.807) is 11.3 Å². The van der Waals surface area contributed by atoms with Gasteiger partial charge in [0.15, 0.2) is 0 Å². The van der Waals surface area contributed by atoms with E-state index in [0.717, 1.165) is 11.4 Å². The van der Waals surface area contributed by atoms with Crippen molar-refractivity contribution in [2.45, 2.75) is 25.9 Å². The summed E-state index contributed by atoms with van der Waals surface area (Å²) in [5.74, 6) is 0.0885. The van der Waals surface area contributed by atoms with Crippen LogP contribution in [0.4, 0.5) is 0 Å². The van der Waals surface area contributed by atoms with E-state index in [2.05, 4.69) is 17.6 Å². The molecule has 0 radical (unpaired) electrons. The lowest BCUT2D eigenvalue weighted by Gasteiger charge is -2.27. The first-order chi connectivity index (χ1) is 6.66. The fourth-order valence-corrected chi connectivity index (χ4v) is 2.56. The van der Waals surface area contributed by atoms with Crippen LogP contribution < -0.4 is 10.6 Å². The number of aryl methyl sites for hydroxylation is 1. The molecule has 2 N–H and O–H groups in total. The second kappa shape index (κ2) is 3.71. The quantitative estimate of drug-likeness (QED) is 0.731. The van der Waals surface area contributed by atoms with E-state index in [4.69, 9.17) is 0 Å². The van der Waals surface area contributed by atoms with Gasteiger partial charge in [-0.05, 0) is 26.0 Å². The van der Waals surface area contributed by atoms with Crippen molar-refractivity contribution in [1.82, 2.24) is 10.6 Å². The van der Waals surface area contributed by atoms with E-state index in [1.165, 1.54) is 4.88 Å². The Hall–Kier alpha value is -0.870. The Morgan fingerprint density at radius 2 is 2.29 bits per heavy atom.